The van der Waals surface area contributed by atoms with E-state index in [2.05, 4.69) is 10.1 Å². The zero-order valence-corrected chi connectivity index (χ0v) is 11.9. The highest BCUT2D eigenvalue weighted by Crippen LogP contribution is 2.18. The van der Waals surface area contributed by atoms with Gasteiger partial charge in [0, 0.05) is 6.54 Å². The van der Waals surface area contributed by atoms with Crippen molar-refractivity contribution in [3.05, 3.63) is 46.8 Å². The lowest BCUT2D eigenvalue weighted by molar-refractivity contribution is 0.102. The first-order valence-corrected chi connectivity index (χ1v) is 6.39. The summed E-state index contributed by atoms with van der Waals surface area (Å²) in [5, 5.41) is 4.35. The number of hydrogen-bond donors (Lipinski definition) is 0. The first-order valence-electron chi connectivity index (χ1n) is 6.01. The van der Waals surface area contributed by atoms with Crippen LogP contribution in [-0.4, -0.2) is 46.1 Å². The third-order valence-electron chi connectivity index (χ3n) is 2.73. The van der Waals surface area contributed by atoms with Crippen LogP contribution in [0.25, 0.3) is 0 Å². The molecule has 0 aliphatic rings. The molecule has 2 aromatic rings. The summed E-state index contributed by atoms with van der Waals surface area (Å²) >= 11 is 6.02. The fourth-order valence-corrected chi connectivity index (χ4v) is 1.91. The summed E-state index contributed by atoms with van der Waals surface area (Å²) in [6.07, 6.45) is 2.43. The summed E-state index contributed by atoms with van der Waals surface area (Å²) in [4.78, 5) is 18.1. The number of hydrogen-bond acceptors (Lipinski definition) is 4. The second kappa shape index (κ2) is 6.11. The van der Waals surface area contributed by atoms with E-state index in [1.807, 2.05) is 19.0 Å². The van der Waals surface area contributed by atoms with Crippen LogP contribution < -0.4 is 0 Å². The molecule has 0 radical (unpaired) electrons. The van der Waals surface area contributed by atoms with Crippen molar-refractivity contribution < 1.29 is 9.18 Å². The average molecular weight is 297 g/mol. The van der Waals surface area contributed by atoms with E-state index in [9.17, 15) is 9.18 Å². The van der Waals surface area contributed by atoms with E-state index in [1.54, 1.807) is 0 Å². The van der Waals surface area contributed by atoms with Crippen molar-refractivity contribution in [2.45, 2.75) is 6.54 Å². The van der Waals surface area contributed by atoms with E-state index in [0.29, 0.717) is 6.54 Å². The number of likely N-dealkylation sites (N-methyl/N-ethyl adjacent to an activating group) is 1. The first kappa shape index (κ1) is 14.6. The molecule has 0 bridgehead atoms. The molecule has 2 rings (SSSR count). The van der Waals surface area contributed by atoms with Gasteiger partial charge in [0.25, 0.3) is 0 Å². The molecule has 106 valence electrons. The van der Waals surface area contributed by atoms with Crippen molar-refractivity contribution in [3.63, 3.8) is 0 Å². The van der Waals surface area contributed by atoms with Gasteiger partial charge in [-0.05, 0) is 26.2 Å². The van der Waals surface area contributed by atoms with E-state index >= 15 is 0 Å². The van der Waals surface area contributed by atoms with Gasteiger partial charge in [-0.2, -0.15) is 5.10 Å². The second-order valence-corrected chi connectivity index (χ2v) is 4.97. The Balaban J connectivity index is 2.29. The maximum Gasteiger partial charge on any atom is 0.230 e. The number of halogens is 2. The van der Waals surface area contributed by atoms with Gasteiger partial charge in [0.1, 0.15) is 17.2 Å². The topological polar surface area (TPSA) is 51.0 Å². The Labute approximate surface area is 121 Å². The molecular weight excluding hydrogens is 283 g/mol. The van der Waals surface area contributed by atoms with Crippen LogP contribution in [-0.2, 0) is 6.54 Å². The van der Waals surface area contributed by atoms with Gasteiger partial charge >= 0.3 is 0 Å². The average Bonchev–Trinajstić information content (AvgIpc) is 2.77. The molecule has 0 fully saturated rings. The summed E-state index contributed by atoms with van der Waals surface area (Å²) in [6.45, 7) is 1.25. The highest BCUT2D eigenvalue weighted by atomic mass is 35.5. The van der Waals surface area contributed by atoms with Gasteiger partial charge in [-0.25, -0.2) is 9.37 Å². The molecule has 5 nitrogen and oxygen atoms in total. The normalized spacial score (nSPS) is 11.1. The van der Waals surface area contributed by atoms with Crippen molar-refractivity contribution in [1.82, 2.24) is 19.7 Å². The number of pyridine rings is 1. The maximum atomic E-state index is 12.8. The highest BCUT2D eigenvalue weighted by Gasteiger charge is 2.20. The van der Waals surface area contributed by atoms with E-state index in [-0.39, 0.29) is 22.2 Å². The Morgan fingerprint density at radius 2 is 2.15 bits per heavy atom. The maximum absolute atomic E-state index is 12.8. The van der Waals surface area contributed by atoms with Crippen molar-refractivity contribution in [3.8, 4) is 0 Å². The van der Waals surface area contributed by atoms with Crippen molar-refractivity contribution in [1.29, 1.82) is 0 Å². The molecule has 0 saturated heterocycles. The molecule has 0 aliphatic heterocycles. The Morgan fingerprint density at radius 3 is 2.75 bits per heavy atom. The minimum atomic E-state index is -0.492. The number of nitrogens with zero attached hydrogens (tertiary/aromatic N) is 4. The monoisotopic (exact) mass is 296 g/mol. The number of carbonyl (C=O) groups is 1. The number of carbonyl (C=O) groups excluding carboxylic acids is 1. The Hall–Kier alpha value is -1.79. The van der Waals surface area contributed by atoms with Gasteiger partial charge in [0.2, 0.25) is 5.78 Å². The highest BCUT2D eigenvalue weighted by molar-refractivity contribution is 6.34. The van der Waals surface area contributed by atoms with Crippen LogP contribution in [0.5, 0.6) is 0 Å². The fourth-order valence-electron chi connectivity index (χ4n) is 1.68. The van der Waals surface area contributed by atoms with Crippen LogP contribution in [0.1, 0.15) is 16.2 Å². The summed E-state index contributed by atoms with van der Waals surface area (Å²) in [7, 11) is 3.85. The molecule has 0 aromatic carbocycles. The van der Waals surface area contributed by atoms with E-state index in [1.165, 1.54) is 23.0 Å². The van der Waals surface area contributed by atoms with Crippen LogP contribution in [0, 0.1) is 5.82 Å². The van der Waals surface area contributed by atoms with Crippen LogP contribution in [0.3, 0.4) is 0 Å². The summed E-state index contributed by atoms with van der Waals surface area (Å²) in [6, 6.07) is 2.52. The standard InChI is InChI=1S/C13H14ClFN4O/c1-18(2)5-6-19-12(10(14)8-17-19)13(20)11-4-3-9(15)7-16-11/h3-4,7-8H,5-6H2,1-2H3. The van der Waals surface area contributed by atoms with E-state index in [0.717, 1.165) is 12.7 Å². The molecule has 7 heteroatoms. The molecular formula is C13H14ClFN4O. The number of rotatable bonds is 5. The Kier molecular flexibility index (Phi) is 4.46. The van der Waals surface area contributed by atoms with Gasteiger partial charge in [-0.15, -0.1) is 0 Å². The van der Waals surface area contributed by atoms with Crippen molar-refractivity contribution in [2.75, 3.05) is 20.6 Å². The summed E-state index contributed by atoms with van der Waals surface area (Å²) in [5.41, 5.74) is 0.410. The lowest BCUT2D eigenvalue weighted by atomic mass is 10.2. The lowest BCUT2D eigenvalue weighted by Gasteiger charge is -2.11. The quantitative estimate of drug-likeness (QED) is 0.790. The fraction of sp³-hybridized carbons (Fsp3) is 0.308. The molecule has 0 atom stereocenters. The zero-order chi connectivity index (χ0) is 14.7. The number of aromatic nitrogens is 3. The smallest absolute Gasteiger partial charge is 0.230 e. The molecule has 0 N–H and O–H groups in total. The lowest BCUT2D eigenvalue weighted by Crippen LogP contribution is -2.22. The minimum Gasteiger partial charge on any atom is -0.308 e. The Bertz CT molecular complexity index is 609. The predicted molar refractivity (Wildman–Crippen MR) is 73.4 cm³/mol. The predicted octanol–water partition coefficient (Wildman–Crippen LogP) is 1.86. The molecule has 0 spiro atoms. The molecule has 0 unspecified atom stereocenters. The molecule has 0 saturated carbocycles. The van der Waals surface area contributed by atoms with Gasteiger partial charge < -0.3 is 4.90 Å². The van der Waals surface area contributed by atoms with Crippen molar-refractivity contribution in [2.24, 2.45) is 0 Å². The number of ketones is 1. The SMILES string of the molecule is CN(C)CCn1ncc(Cl)c1C(=O)c1ccc(F)cn1. The molecule has 0 amide bonds. The second-order valence-electron chi connectivity index (χ2n) is 4.56. The molecule has 20 heavy (non-hydrogen) atoms. The summed E-state index contributed by atoms with van der Waals surface area (Å²) in [5.74, 6) is -0.861. The third kappa shape index (κ3) is 3.20. The van der Waals surface area contributed by atoms with Crippen LogP contribution >= 0.6 is 11.6 Å². The van der Waals surface area contributed by atoms with Gasteiger partial charge in [-0.1, -0.05) is 11.6 Å². The van der Waals surface area contributed by atoms with E-state index in [4.69, 9.17) is 11.6 Å². The third-order valence-corrected chi connectivity index (χ3v) is 3.01. The minimum absolute atomic E-state index is 0.139. The van der Waals surface area contributed by atoms with Crippen LogP contribution in [0.15, 0.2) is 24.5 Å². The van der Waals surface area contributed by atoms with Gasteiger partial charge in [0.05, 0.1) is 24.0 Å². The van der Waals surface area contributed by atoms with Gasteiger partial charge in [-0.3, -0.25) is 9.48 Å². The van der Waals surface area contributed by atoms with Crippen molar-refractivity contribution >= 4 is 17.4 Å². The van der Waals surface area contributed by atoms with Gasteiger partial charge in [0.15, 0.2) is 0 Å². The first-order chi connectivity index (χ1) is 9.49. The Morgan fingerprint density at radius 1 is 1.40 bits per heavy atom. The van der Waals surface area contributed by atoms with Crippen LogP contribution in [0.4, 0.5) is 4.39 Å². The van der Waals surface area contributed by atoms with Crippen LogP contribution in [0.2, 0.25) is 5.02 Å². The zero-order valence-electron chi connectivity index (χ0n) is 11.2. The molecule has 2 heterocycles. The largest absolute Gasteiger partial charge is 0.308 e. The summed E-state index contributed by atoms with van der Waals surface area (Å²) < 4.78 is 14.4. The van der Waals surface area contributed by atoms with E-state index < -0.39 is 5.82 Å². The molecule has 0 aliphatic carbocycles. The molecule has 2 aromatic heterocycles.